The predicted octanol–water partition coefficient (Wildman–Crippen LogP) is 3.76. The highest BCUT2D eigenvalue weighted by molar-refractivity contribution is 7.89. The Labute approximate surface area is 237 Å². The Kier molecular flexibility index (Phi) is 10.3. The molecule has 3 N–H and O–H groups in total. The van der Waals surface area contributed by atoms with Crippen molar-refractivity contribution < 1.29 is 22.7 Å². The lowest BCUT2D eigenvalue weighted by Gasteiger charge is -2.25. The number of carbonyl (C=O) groups is 1. The highest BCUT2D eigenvalue weighted by atomic mass is 32.2. The van der Waals surface area contributed by atoms with E-state index < -0.39 is 10.0 Å². The lowest BCUT2D eigenvalue weighted by atomic mass is 9.99. The monoisotopic (exact) mass is 565 g/mol. The van der Waals surface area contributed by atoms with Crippen molar-refractivity contribution in [3.05, 3.63) is 94.5 Å². The zero-order chi connectivity index (χ0) is 28.5. The van der Waals surface area contributed by atoms with Crippen molar-refractivity contribution >= 4 is 15.9 Å². The van der Waals surface area contributed by atoms with Crippen LogP contribution in [0.3, 0.4) is 0 Å². The van der Waals surface area contributed by atoms with Crippen LogP contribution in [-0.2, 0) is 34.1 Å². The summed E-state index contributed by atoms with van der Waals surface area (Å²) >= 11 is 0. The summed E-state index contributed by atoms with van der Waals surface area (Å²) in [4.78, 5) is 15.5. The SMILES string of the molecule is CC(C)CN1CCOCCOc2ccc(C(=O)NCCc3ccc(S(N)(=O)=O)cc3)cc2Cc2cccc(c2)C1. The minimum atomic E-state index is -3.73. The van der Waals surface area contributed by atoms with Gasteiger partial charge in [0.15, 0.2) is 0 Å². The molecule has 0 atom stereocenters. The quantitative estimate of drug-likeness (QED) is 0.451. The molecule has 40 heavy (non-hydrogen) atoms. The molecule has 0 saturated heterocycles. The Balaban J connectivity index is 1.46. The molecule has 1 heterocycles. The van der Waals surface area contributed by atoms with Gasteiger partial charge in [0.25, 0.3) is 5.91 Å². The second kappa shape index (κ2) is 13.9. The number of amides is 1. The van der Waals surface area contributed by atoms with E-state index in [4.69, 9.17) is 14.6 Å². The van der Waals surface area contributed by atoms with Crippen LogP contribution in [-0.4, -0.2) is 58.7 Å². The number of rotatable bonds is 7. The lowest BCUT2D eigenvalue weighted by Crippen LogP contribution is -2.31. The second-order valence-corrected chi connectivity index (χ2v) is 12.2. The van der Waals surface area contributed by atoms with Crippen LogP contribution in [0.1, 0.15) is 46.5 Å². The number of hydrogen-bond donors (Lipinski definition) is 2. The molecule has 1 amide bonds. The molecule has 214 valence electrons. The molecular formula is C31H39N3O5S. The van der Waals surface area contributed by atoms with Crippen LogP contribution in [0.15, 0.2) is 71.6 Å². The van der Waals surface area contributed by atoms with E-state index in [1.165, 1.54) is 23.3 Å². The highest BCUT2D eigenvalue weighted by Crippen LogP contribution is 2.25. The Hall–Kier alpha value is -3.24. The van der Waals surface area contributed by atoms with E-state index in [-0.39, 0.29) is 10.8 Å². The van der Waals surface area contributed by atoms with Crippen LogP contribution in [0.5, 0.6) is 5.75 Å². The molecule has 0 radical (unpaired) electrons. The van der Waals surface area contributed by atoms with E-state index in [1.54, 1.807) is 18.2 Å². The molecule has 0 spiro atoms. The minimum Gasteiger partial charge on any atom is -0.491 e. The Bertz CT molecular complexity index is 1390. The maximum atomic E-state index is 13.0. The van der Waals surface area contributed by atoms with Crippen LogP contribution in [0.4, 0.5) is 0 Å². The first-order valence-electron chi connectivity index (χ1n) is 13.7. The molecule has 0 fully saturated rings. The van der Waals surface area contributed by atoms with Gasteiger partial charge in [0.2, 0.25) is 10.0 Å². The smallest absolute Gasteiger partial charge is 0.251 e. The number of sulfonamides is 1. The van der Waals surface area contributed by atoms with Crippen molar-refractivity contribution in [2.45, 2.75) is 38.1 Å². The van der Waals surface area contributed by atoms with Crippen molar-refractivity contribution in [1.29, 1.82) is 0 Å². The van der Waals surface area contributed by atoms with Gasteiger partial charge < -0.3 is 14.8 Å². The molecule has 0 aromatic heterocycles. The van der Waals surface area contributed by atoms with E-state index in [0.29, 0.717) is 50.7 Å². The van der Waals surface area contributed by atoms with Gasteiger partial charge in [0.05, 0.1) is 18.1 Å². The van der Waals surface area contributed by atoms with Gasteiger partial charge in [0, 0.05) is 38.2 Å². The largest absolute Gasteiger partial charge is 0.491 e. The molecule has 8 nitrogen and oxygen atoms in total. The number of nitrogens with zero attached hydrogens (tertiary/aromatic N) is 1. The summed E-state index contributed by atoms with van der Waals surface area (Å²) in [6.07, 6.45) is 1.21. The van der Waals surface area contributed by atoms with E-state index in [2.05, 4.69) is 48.3 Å². The third-order valence-corrected chi connectivity index (χ3v) is 7.66. The molecule has 0 saturated carbocycles. The third kappa shape index (κ3) is 8.89. The number of ether oxygens (including phenoxy) is 2. The molecule has 3 aromatic rings. The van der Waals surface area contributed by atoms with Crippen molar-refractivity contribution in [2.24, 2.45) is 11.1 Å². The van der Waals surface area contributed by atoms with Gasteiger partial charge in [-0.2, -0.15) is 0 Å². The van der Waals surface area contributed by atoms with E-state index >= 15 is 0 Å². The zero-order valence-corrected chi connectivity index (χ0v) is 24.1. The lowest BCUT2D eigenvalue weighted by molar-refractivity contribution is 0.0746. The van der Waals surface area contributed by atoms with Crippen LogP contribution < -0.4 is 15.2 Å². The summed E-state index contributed by atoms with van der Waals surface area (Å²) < 4.78 is 34.8. The summed E-state index contributed by atoms with van der Waals surface area (Å²) in [7, 11) is -3.73. The van der Waals surface area contributed by atoms with Gasteiger partial charge in [-0.05, 0) is 64.9 Å². The average Bonchev–Trinajstić information content (AvgIpc) is 2.90. The topological polar surface area (TPSA) is 111 Å². The van der Waals surface area contributed by atoms with E-state index in [1.807, 2.05) is 12.1 Å². The molecule has 3 aromatic carbocycles. The molecule has 1 aliphatic rings. The van der Waals surface area contributed by atoms with E-state index in [9.17, 15) is 13.2 Å². The molecule has 9 heteroatoms. The summed E-state index contributed by atoms with van der Waals surface area (Å²) in [5.74, 6) is 1.14. The summed E-state index contributed by atoms with van der Waals surface area (Å²) in [6, 6.07) is 20.5. The fourth-order valence-corrected chi connectivity index (χ4v) is 5.36. The maximum absolute atomic E-state index is 13.0. The van der Waals surface area contributed by atoms with Crippen LogP contribution in [0.25, 0.3) is 0 Å². The van der Waals surface area contributed by atoms with Gasteiger partial charge in [-0.15, -0.1) is 0 Å². The number of nitrogens with one attached hydrogen (secondary N) is 1. The van der Waals surface area contributed by atoms with Crippen LogP contribution in [0.2, 0.25) is 0 Å². The van der Waals surface area contributed by atoms with E-state index in [0.717, 1.165) is 36.5 Å². The molecule has 2 bridgehead atoms. The molecule has 1 aliphatic heterocycles. The van der Waals surface area contributed by atoms with Gasteiger partial charge >= 0.3 is 0 Å². The predicted molar refractivity (Wildman–Crippen MR) is 156 cm³/mol. The number of nitrogens with two attached hydrogens (primary N) is 1. The van der Waals surface area contributed by atoms with Crippen molar-refractivity contribution in [2.75, 3.05) is 39.5 Å². The number of benzene rings is 3. The third-order valence-electron chi connectivity index (χ3n) is 6.73. The highest BCUT2D eigenvalue weighted by Gasteiger charge is 2.14. The van der Waals surface area contributed by atoms with Crippen molar-refractivity contribution in [3.8, 4) is 5.75 Å². The first-order chi connectivity index (χ1) is 19.2. The first-order valence-corrected chi connectivity index (χ1v) is 15.3. The molecule has 0 aliphatic carbocycles. The summed E-state index contributed by atoms with van der Waals surface area (Å²) in [6.45, 7) is 9.21. The van der Waals surface area contributed by atoms with Gasteiger partial charge in [-0.3, -0.25) is 9.69 Å². The number of primary sulfonamides is 1. The standard InChI is InChI=1S/C31H39N3O5S/c1-23(2)21-34-14-15-38-16-17-39-30-11-8-27(20-28(30)19-25-4-3-5-26(18-25)22-34)31(35)33-13-12-24-6-9-29(10-7-24)40(32,36)37/h3-11,18,20,23H,12-17,19,21-22H2,1-2H3,(H,33,35)(H2,32,36,37). The van der Waals surface area contributed by atoms with Crippen molar-refractivity contribution in [1.82, 2.24) is 10.2 Å². The maximum Gasteiger partial charge on any atom is 0.251 e. The van der Waals surface area contributed by atoms with Crippen LogP contribution >= 0.6 is 0 Å². The van der Waals surface area contributed by atoms with Gasteiger partial charge in [-0.1, -0.05) is 50.2 Å². The number of hydrogen-bond acceptors (Lipinski definition) is 6. The Morgan fingerprint density at radius 3 is 2.52 bits per heavy atom. The van der Waals surface area contributed by atoms with Crippen molar-refractivity contribution in [3.63, 3.8) is 0 Å². The fourth-order valence-electron chi connectivity index (χ4n) is 4.84. The summed E-state index contributed by atoms with van der Waals surface area (Å²) in [5.41, 5.74) is 4.83. The number of fused-ring (bicyclic) bond motifs is 3. The van der Waals surface area contributed by atoms with Crippen LogP contribution in [0, 0.1) is 5.92 Å². The molecule has 4 rings (SSSR count). The average molecular weight is 566 g/mol. The van der Waals surface area contributed by atoms with Gasteiger partial charge in [0.1, 0.15) is 12.4 Å². The first kappa shape index (κ1) is 29.7. The second-order valence-electron chi connectivity index (χ2n) is 10.6. The number of carbonyl (C=O) groups excluding carboxylic acids is 1. The normalized spacial score (nSPS) is 15.1. The van der Waals surface area contributed by atoms with Gasteiger partial charge in [-0.25, -0.2) is 13.6 Å². The molecular weight excluding hydrogens is 526 g/mol. The Morgan fingerprint density at radius 2 is 1.77 bits per heavy atom. The minimum absolute atomic E-state index is 0.0669. The molecule has 0 unspecified atom stereocenters. The fraction of sp³-hybridized carbons (Fsp3) is 0.387. The zero-order valence-electron chi connectivity index (χ0n) is 23.3. The Morgan fingerprint density at radius 1 is 1.00 bits per heavy atom. The summed E-state index contributed by atoms with van der Waals surface area (Å²) in [5, 5.41) is 8.12.